The highest BCUT2D eigenvalue weighted by atomic mass is 16.3. The molecule has 21 heavy (non-hydrogen) atoms. The van der Waals surface area contributed by atoms with Crippen molar-refractivity contribution in [1.29, 1.82) is 0 Å². The van der Waals surface area contributed by atoms with Crippen molar-refractivity contribution < 1.29 is 5.11 Å². The first kappa shape index (κ1) is 13.4. The zero-order valence-corrected chi connectivity index (χ0v) is 11.5. The first-order chi connectivity index (χ1) is 10.3. The highest BCUT2D eigenvalue weighted by Crippen LogP contribution is 2.29. The number of aliphatic hydroxyl groups is 1. The Morgan fingerprint density at radius 3 is 2.62 bits per heavy atom. The van der Waals surface area contributed by atoms with Crippen LogP contribution in [0.1, 0.15) is 11.6 Å². The molecule has 106 valence electrons. The summed E-state index contributed by atoms with van der Waals surface area (Å²) in [4.78, 5) is 4.32. The average molecular weight is 279 g/mol. The molecule has 0 fully saturated rings. The molecule has 0 spiro atoms. The number of nitrogens with two attached hydrogens (primary N) is 1. The number of nitrogens with zero attached hydrogens (tertiary/aromatic N) is 1. The molecule has 3 rings (SSSR count). The smallest absolute Gasteiger partial charge is 0.0951 e. The van der Waals surface area contributed by atoms with Crippen LogP contribution in [0.3, 0.4) is 0 Å². The fourth-order valence-corrected chi connectivity index (χ4v) is 2.43. The summed E-state index contributed by atoms with van der Waals surface area (Å²) in [6.45, 7) is 0.0101. The van der Waals surface area contributed by atoms with Crippen LogP contribution >= 0.6 is 0 Å². The zero-order valence-electron chi connectivity index (χ0n) is 11.5. The molecule has 3 aromatic rings. The van der Waals surface area contributed by atoms with Gasteiger partial charge in [-0.2, -0.15) is 0 Å². The Hall–Kier alpha value is -2.59. The third kappa shape index (κ3) is 2.66. The number of hydrogen-bond donors (Lipinski definition) is 3. The van der Waals surface area contributed by atoms with E-state index < -0.39 is 0 Å². The van der Waals surface area contributed by atoms with Crippen LogP contribution < -0.4 is 11.1 Å². The van der Waals surface area contributed by atoms with Crippen LogP contribution in [-0.4, -0.2) is 16.7 Å². The van der Waals surface area contributed by atoms with E-state index in [4.69, 9.17) is 5.73 Å². The van der Waals surface area contributed by atoms with Crippen LogP contribution in [0.15, 0.2) is 60.8 Å². The van der Waals surface area contributed by atoms with Crippen LogP contribution in [0.5, 0.6) is 0 Å². The number of pyridine rings is 1. The Kier molecular flexibility index (Phi) is 3.71. The minimum atomic E-state index is -0.168. The fraction of sp³-hybridized carbons (Fsp3) is 0.118. The van der Waals surface area contributed by atoms with Crippen LogP contribution in [0, 0.1) is 0 Å². The highest BCUT2D eigenvalue weighted by molar-refractivity contribution is 5.98. The van der Waals surface area contributed by atoms with Crippen molar-refractivity contribution in [3.63, 3.8) is 0 Å². The van der Waals surface area contributed by atoms with Crippen LogP contribution in [0.25, 0.3) is 10.9 Å². The SMILES string of the molecule is Nc1ccc(NC(CO)c2ccccc2)c2cccnc12. The molecule has 0 bridgehead atoms. The van der Waals surface area contributed by atoms with E-state index in [9.17, 15) is 5.11 Å². The van der Waals surface area contributed by atoms with E-state index in [1.54, 1.807) is 6.20 Å². The Bertz CT molecular complexity index is 743. The molecule has 0 aliphatic heterocycles. The van der Waals surface area contributed by atoms with Crippen molar-refractivity contribution in [1.82, 2.24) is 4.98 Å². The number of hydrogen-bond acceptors (Lipinski definition) is 4. The predicted molar refractivity (Wildman–Crippen MR) is 86.0 cm³/mol. The quantitative estimate of drug-likeness (QED) is 0.642. The molecule has 4 heteroatoms. The summed E-state index contributed by atoms with van der Waals surface area (Å²) in [5, 5.41) is 14.0. The van der Waals surface area contributed by atoms with Crippen LogP contribution in [0.4, 0.5) is 11.4 Å². The maximum Gasteiger partial charge on any atom is 0.0951 e. The number of rotatable bonds is 4. The van der Waals surface area contributed by atoms with Crippen molar-refractivity contribution in [3.8, 4) is 0 Å². The van der Waals surface area contributed by atoms with Gasteiger partial charge in [-0.1, -0.05) is 30.3 Å². The van der Waals surface area contributed by atoms with E-state index >= 15 is 0 Å². The van der Waals surface area contributed by atoms with Gasteiger partial charge >= 0.3 is 0 Å². The summed E-state index contributed by atoms with van der Waals surface area (Å²) in [5.41, 5.74) is 9.33. The molecule has 1 unspecified atom stereocenters. The molecule has 0 aliphatic rings. The molecule has 0 amide bonds. The van der Waals surface area contributed by atoms with Crippen molar-refractivity contribution >= 4 is 22.3 Å². The summed E-state index contributed by atoms with van der Waals surface area (Å²) in [5.74, 6) is 0. The zero-order chi connectivity index (χ0) is 14.7. The molecule has 1 atom stereocenters. The first-order valence-corrected chi connectivity index (χ1v) is 6.85. The molecule has 0 radical (unpaired) electrons. The molecule has 0 aliphatic carbocycles. The monoisotopic (exact) mass is 279 g/mol. The summed E-state index contributed by atoms with van der Waals surface area (Å²) in [6.07, 6.45) is 1.73. The third-order valence-corrected chi connectivity index (χ3v) is 3.52. The Morgan fingerprint density at radius 1 is 1.05 bits per heavy atom. The molecule has 1 aromatic heterocycles. The van der Waals surface area contributed by atoms with Gasteiger partial charge in [0.05, 0.1) is 23.9 Å². The van der Waals surface area contributed by atoms with Gasteiger partial charge in [0.2, 0.25) is 0 Å². The molecule has 1 heterocycles. The first-order valence-electron chi connectivity index (χ1n) is 6.85. The molecule has 4 N–H and O–H groups in total. The maximum absolute atomic E-state index is 9.66. The topological polar surface area (TPSA) is 71.2 Å². The van der Waals surface area contributed by atoms with Gasteiger partial charge in [-0.05, 0) is 29.8 Å². The highest BCUT2D eigenvalue weighted by Gasteiger charge is 2.12. The van der Waals surface area contributed by atoms with Crippen LogP contribution in [-0.2, 0) is 0 Å². The second kappa shape index (κ2) is 5.81. The van der Waals surface area contributed by atoms with Crippen molar-refractivity contribution in [2.24, 2.45) is 0 Å². The average Bonchev–Trinajstić information content (AvgIpc) is 2.55. The normalized spacial score (nSPS) is 12.2. The van der Waals surface area contributed by atoms with E-state index in [1.807, 2.05) is 54.6 Å². The largest absolute Gasteiger partial charge is 0.397 e. The lowest BCUT2D eigenvalue weighted by Crippen LogP contribution is -2.15. The summed E-state index contributed by atoms with van der Waals surface area (Å²) in [7, 11) is 0. The number of aromatic nitrogens is 1. The maximum atomic E-state index is 9.66. The van der Waals surface area contributed by atoms with Gasteiger partial charge in [0.1, 0.15) is 0 Å². The third-order valence-electron chi connectivity index (χ3n) is 3.52. The minimum Gasteiger partial charge on any atom is -0.397 e. The summed E-state index contributed by atoms with van der Waals surface area (Å²) in [6, 6.07) is 17.3. The van der Waals surface area contributed by atoms with E-state index in [1.165, 1.54) is 0 Å². The van der Waals surface area contributed by atoms with Gasteiger partial charge in [-0.25, -0.2) is 0 Å². The van der Waals surface area contributed by atoms with Gasteiger partial charge in [-0.3, -0.25) is 4.98 Å². The molecule has 0 saturated heterocycles. The summed E-state index contributed by atoms with van der Waals surface area (Å²) < 4.78 is 0. The van der Waals surface area contributed by atoms with E-state index in [0.717, 1.165) is 22.2 Å². The lowest BCUT2D eigenvalue weighted by atomic mass is 10.1. The Balaban J connectivity index is 1.99. The Labute approximate surface area is 123 Å². The molecular weight excluding hydrogens is 262 g/mol. The molecular formula is C17H17N3O. The lowest BCUT2D eigenvalue weighted by Gasteiger charge is -2.19. The van der Waals surface area contributed by atoms with Gasteiger partial charge < -0.3 is 16.2 Å². The molecule has 4 nitrogen and oxygen atoms in total. The number of fused-ring (bicyclic) bond motifs is 1. The second-order valence-electron chi connectivity index (χ2n) is 4.89. The van der Waals surface area contributed by atoms with E-state index in [0.29, 0.717) is 5.69 Å². The van der Waals surface area contributed by atoms with Gasteiger partial charge in [0.25, 0.3) is 0 Å². The molecule has 2 aromatic carbocycles. The number of nitrogens with one attached hydrogen (secondary N) is 1. The van der Waals surface area contributed by atoms with Crippen LogP contribution in [0.2, 0.25) is 0 Å². The van der Waals surface area contributed by atoms with Gasteiger partial charge in [0.15, 0.2) is 0 Å². The second-order valence-corrected chi connectivity index (χ2v) is 4.89. The fourth-order valence-electron chi connectivity index (χ4n) is 2.43. The summed E-state index contributed by atoms with van der Waals surface area (Å²) >= 11 is 0. The number of benzene rings is 2. The van der Waals surface area contributed by atoms with Crippen molar-refractivity contribution in [2.75, 3.05) is 17.7 Å². The van der Waals surface area contributed by atoms with E-state index in [-0.39, 0.29) is 12.6 Å². The van der Waals surface area contributed by atoms with Gasteiger partial charge in [-0.15, -0.1) is 0 Å². The predicted octanol–water partition coefficient (Wildman–Crippen LogP) is 2.96. The van der Waals surface area contributed by atoms with Crippen molar-refractivity contribution in [3.05, 3.63) is 66.4 Å². The lowest BCUT2D eigenvalue weighted by molar-refractivity contribution is 0.276. The molecule has 0 saturated carbocycles. The van der Waals surface area contributed by atoms with E-state index in [2.05, 4.69) is 10.3 Å². The number of anilines is 2. The number of nitrogen functional groups attached to an aromatic ring is 1. The van der Waals surface area contributed by atoms with Crippen molar-refractivity contribution in [2.45, 2.75) is 6.04 Å². The Morgan fingerprint density at radius 2 is 1.86 bits per heavy atom. The minimum absolute atomic E-state index is 0.0101. The van der Waals surface area contributed by atoms with Gasteiger partial charge in [0, 0.05) is 17.3 Å². The number of aliphatic hydroxyl groups excluding tert-OH is 1. The standard InChI is InChI=1S/C17H17N3O/c18-14-8-9-15(13-7-4-10-19-17(13)14)20-16(11-21)12-5-2-1-3-6-12/h1-10,16,20-21H,11,18H2.